The van der Waals surface area contributed by atoms with E-state index in [9.17, 15) is 9.59 Å². The highest BCUT2D eigenvalue weighted by atomic mass is 16.5. The first-order valence-electron chi connectivity index (χ1n) is 7.71. The van der Waals surface area contributed by atoms with Crippen LogP contribution in [0.2, 0.25) is 0 Å². The number of esters is 1. The minimum atomic E-state index is -0.602. The summed E-state index contributed by atoms with van der Waals surface area (Å²) >= 11 is 0. The Morgan fingerprint density at radius 3 is 2.20 bits per heavy atom. The molecule has 5 heteroatoms. The zero-order valence-corrected chi connectivity index (χ0v) is 13.9. The van der Waals surface area contributed by atoms with Gasteiger partial charge in [-0.15, -0.1) is 0 Å². The van der Waals surface area contributed by atoms with Crippen LogP contribution in [-0.2, 0) is 20.7 Å². The lowest BCUT2D eigenvalue weighted by atomic mass is 10.0. The Kier molecular flexibility index (Phi) is 6.08. The highest BCUT2D eigenvalue weighted by Crippen LogP contribution is 2.19. The zero-order valence-electron chi connectivity index (χ0n) is 13.9. The number of Topliss-reactive ketones (excluding diaryl/α,β-unsaturated/α-hetero) is 1. The third-order valence-corrected chi connectivity index (χ3v) is 3.56. The van der Waals surface area contributed by atoms with E-state index in [0.717, 1.165) is 16.7 Å². The molecule has 0 aliphatic heterocycles. The van der Waals surface area contributed by atoms with E-state index in [2.05, 4.69) is 0 Å². The molecule has 0 aliphatic rings. The van der Waals surface area contributed by atoms with Gasteiger partial charge in [0.2, 0.25) is 5.78 Å². The van der Waals surface area contributed by atoms with Gasteiger partial charge in [0.25, 0.3) is 0 Å². The van der Waals surface area contributed by atoms with Crippen molar-refractivity contribution >= 4 is 11.8 Å². The first kappa shape index (κ1) is 18.0. The van der Waals surface area contributed by atoms with Gasteiger partial charge in [0.15, 0.2) is 6.61 Å². The Bertz CT molecular complexity index is 827. The summed E-state index contributed by atoms with van der Waals surface area (Å²) in [4.78, 5) is 23.6. The molecule has 25 heavy (non-hydrogen) atoms. The molecule has 0 amide bonds. The van der Waals surface area contributed by atoms with E-state index in [4.69, 9.17) is 15.7 Å². The van der Waals surface area contributed by atoms with Gasteiger partial charge in [-0.2, -0.15) is 5.26 Å². The minimum Gasteiger partial charge on any atom is -0.457 e. The normalized spacial score (nSPS) is 11.2. The van der Waals surface area contributed by atoms with Crippen LogP contribution in [0.5, 0.6) is 0 Å². The van der Waals surface area contributed by atoms with E-state index in [1.807, 2.05) is 54.6 Å². The summed E-state index contributed by atoms with van der Waals surface area (Å²) in [6, 6.07) is 19.1. The lowest BCUT2D eigenvalue weighted by Crippen LogP contribution is -2.18. The molecular weight excluding hydrogens is 316 g/mol. The summed E-state index contributed by atoms with van der Waals surface area (Å²) in [7, 11) is 0. The monoisotopic (exact) mass is 334 g/mol. The molecule has 2 rings (SSSR count). The molecule has 2 N–H and O–H groups in total. The van der Waals surface area contributed by atoms with E-state index in [1.54, 1.807) is 6.07 Å². The van der Waals surface area contributed by atoms with Gasteiger partial charge in [0.1, 0.15) is 11.6 Å². The number of hydrogen-bond donors (Lipinski definition) is 1. The van der Waals surface area contributed by atoms with Gasteiger partial charge in [0.05, 0.1) is 6.42 Å². The number of carbonyl (C=O) groups excluding carboxylic acids is 2. The molecule has 2 aromatic carbocycles. The molecule has 0 radical (unpaired) electrons. The molecular formula is C20H18N2O3. The third-order valence-electron chi connectivity index (χ3n) is 3.56. The summed E-state index contributed by atoms with van der Waals surface area (Å²) in [6.45, 7) is 0.963. The maximum Gasteiger partial charge on any atom is 0.310 e. The molecule has 5 nitrogen and oxygen atoms in total. The van der Waals surface area contributed by atoms with E-state index in [1.165, 1.54) is 6.92 Å². The Balaban J connectivity index is 1.92. The first-order valence-corrected chi connectivity index (χ1v) is 7.71. The summed E-state index contributed by atoms with van der Waals surface area (Å²) in [5.74, 6) is -1.14. The van der Waals surface area contributed by atoms with Crippen molar-refractivity contribution in [1.82, 2.24) is 0 Å². The van der Waals surface area contributed by atoms with Crippen molar-refractivity contribution in [3.8, 4) is 17.2 Å². The Morgan fingerprint density at radius 2 is 1.64 bits per heavy atom. The van der Waals surface area contributed by atoms with Gasteiger partial charge in [0, 0.05) is 5.70 Å². The molecule has 0 aliphatic carbocycles. The van der Waals surface area contributed by atoms with Crippen LogP contribution in [0.25, 0.3) is 11.1 Å². The second kappa shape index (κ2) is 8.46. The molecule has 0 aromatic heterocycles. The Hall–Kier alpha value is -3.39. The average molecular weight is 334 g/mol. The number of ether oxygens (including phenoxy) is 1. The number of benzene rings is 2. The predicted octanol–water partition coefficient (Wildman–Crippen LogP) is 2.76. The van der Waals surface area contributed by atoms with Crippen molar-refractivity contribution in [3.63, 3.8) is 0 Å². The van der Waals surface area contributed by atoms with Crippen LogP contribution in [0.15, 0.2) is 65.9 Å². The number of rotatable bonds is 6. The molecule has 0 saturated heterocycles. The summed E-state index contributed by atoms with van der Waals surface area (Å²) in [5.41, 5.74) is 8.29. The molecule has 0 atom stereocenters. The van der Waals surface area contributed by atoms with Gasteiger partial charge in [-0.1, -0.05) is 54.6 Å². The number of hydrogen-bond acceptors (Lipinski definition) is 5. The van der Waals surface area contributed by atoms with Crippen LogP contribution in [-0.4, -0.2) is 18.4 Å². The van der Waals surface area contributed by atoms with Crippen molar-refractivity contribution in [1.29, 1.82) is 5.26 Å². The van der Waals surface area contributed by atoms with Gasteiger partial charge in [-0.05, 0) is 23.6 Å². The minimum absolute atomic E-state index is 0.0511. The smallest absolute Gasteiger partial charge is 0.310 e. The second-order valence-electron chi connectivity index (χ2n) is 5.49. The predicted molar refractivity (Wildman–Crippen MR) is 94.0 cm³/mol. The van der Waals surface area contributed by atoms with Crippen LogP contribution in [0.3, 0.4) is 0 Å². The van der Waals surface area contributed by atoms with Gasteiger partial charge < -0.3 is 10.5 Å². The van der Waals surface area contributed by atoms with Crippen molar-refractivity contribution in [2.24, 2.45) is 5.73 Å². The van der Waals surface area contributed by atoms with E-state index >= 15 is 0 Å². The summed E-state index contributed by atoms with van der Waals surface area (Å²) in [5, 5.41) is 8.84. The second-order valence-corrected chi connectivity index (χ2v) is 5.49. The molecule has 0 fully saturated rings. The van der Waals surface area contributed by atoms with Gasteiger partial charge in [-0.25, -0.2) is 0 Å². The molecule has 0 heterocycles. The molecule has 0 bridgehead atoms. The largest absolute Gasteiger partial charge is 0.457 e. The fourth-order valence-electron chi connectivity index (χ4n) is 2.25. The molecule has 0 spiro atoms. The quantitative estimate of drug-likeness (QED) is 0.498. The third kappa shape index (κ3) is 5.05. The van der Waals surface area contributed by atoms with Gasteiger partial charge in [-0.3, -0.25) is 9.59 Å². The van der Waals surface area contributed by atoms with E-state index in [0.29, 0.717) is 0 Å². The molecule has 0 saturated carbocycles. The lowest BCUT2D eigenvalue weighted by molar-refractivity contribution is -0.146. The number of nitrogens with two attached hydrogens (primary N) is 1. The van der Waals surface area contributed by atoms with Crippen LogP contribution in [0, 0.1) is 11.3 Å². The maximum atomic E-state index is 11.8. The van der Waals surface area contributed by atoms with Crippen LogP contribution in [0.1, 0.15) is 12.5 Å². The SMILES string of the molecule is C/C(N)=C(/C#N)C(=O)COC(=O)Cc1ccc(-c2ccccc2)cc1. The summed E-state index contributed by atoms with van der Waals surface area (Å²) < 4.78 is 4.93. The highest BCUT2D eigenvalue weighted by molar-refractivity contribution is 6.01. The van der Waals surface area contributed by atoms with E-state index in [-0.39, 0.29) is 17.7 Å². The Morgan fingerprint density at radius 1 is 1.04 bits per heavy atom. The lowest BCUT2D eigenvalue weighted by Gasteiger charge is -2.06. The molecule has 126 valence electrons. The Labute approximate surface area is 146 Å². The zero-order chi connectivity index (χ0) is 18.2. The van der Waals surface area contributed by atoms with E-state index < -0.39 is 18.4 Å². The average Bonchev–Trinajstić information content (AvgIpc) is 2.61. The topological polar surface area (TPSA) is 93.2 Å². The highest BCUT2D eigenvalue weighted by Gasteiger charge is 2.14. The first-order chi connectivity index (χ1) is 12.0. The van der Waals surface area contributed by atoms with Crippen LogP contribution < -0.4 is 5.73 Å². The molecule has 2 aromatic rings. The summed E-state index contributed by atoms with van der Waals surface area (Å²) in [6.07, 6.45) is 0.0511. The number of carbonyl (C=O) groups is 2. The number of nitriles is 1. The van der Waals surface area contributed by atoms with Crippen molar-refractivity contribution in [3.05, 3.63) is 71.4 Å². The van der Waals surface area contributed by atoms with Crippen LogP contribution >= 0.6 is 0 Å². The fraction of sp³-hybridized carbons (Fsp3) is 0.150. The van der Waals surface area contributed by atoms with Crippen molar-refractivity contribution in [2.75, 3.05) is 6.61 Å². The standard InChI is InChI=1S/C20H18N2O3/c1-14(22)18(12-21)19(23)13-25-20(24)11-15-7-9-17(10-8-15)16-5-3-2-4-6-16/h2-10H,11,13,22H2,1H3/b18-14+. The number of ketones is 1. The molecule has 0 unspecified atom stereocenters. The van der Waals surface area contributed by atoms with Gasteiger partial charge >= 0.3 is 5.97 Å². The van der Waals surface area contributed by atoms with Crippen LogP contribution in [0.4, 0.5) is 0 Å². The van der Waals surface area contributed by atoms with Crippen molar-refractivity contribution < 1.29 is 14.3 Å². The van der Waals surface area contributed by atoms with Crippen molar-refractivity contribution in [2.45, 2.75) is 13.3 Å². The number of nitrogens with zero attached hydrogens (tertiary/aromatic N) is 1. The fourth-order valence-corrected chi connectivity index (χ4v) is 2.25. The number of allylic oxidation sites excluding steroid dienone is 1. The maximum absolute atomic E-state index is 11.8.